The molecule has 0 saturated carbocycles. The van der Waals surface area contributed by atoms with Crippen LogP contribution in [0.4, 0.5) is 4.79 Å². The lowest BCUT2D eigenvalue weighted by Gasteiger charge is -2.41. The molecule has 1 N–H and O–H groups in total. The van der Waals surface area contributed by atoms with E-state index in [2.05, 4.69) is 24.1 Å². The molecule has 1 saturated heterocycles. The van der Waals surface area contributed by atoms with E-state index in [1.807, 2.05) is 37.3 Å². The maximum Gasteiger partial charge on any atom is 0.317 e. The molecule has 0 spiro atoms. The molecule has 6 nitrogen and oxygen atoms in total. The molecule has 0 bridgehead atoms. The second kappa shape index (κ2) is 7.68. The molecule has 1 atom stereocenters. The van der Waals surface area contributed by atoms with Crippen molar-refractivity contribution in [3.8, 4) is 0 Å². The van der Waals surface area contributed by atoms with Gasteiger partial charge in [0.2, 0.25) is 0 Å². The van der Waals surface area contributed by atoms with Gasteiger partial charge in [-0.3, -0.25) is 4.90 Å². The van der Waals surface area contributed by atoms with Gasteiger partial charge in [-0.1, -0.05) is 18.2 Å². The van der Waals surface area contributed by atoms with E-state index in [-0.39, 0.29) is 17.6 Å². The van der Waals surface area contributed by atoms with Crippen LogP contribution >= 0.6 is 0 Å². The highest BCUT2D eigenvalue weighted by Crippen LogP contribution is 2.26. The monoisotopic (exact) mass is 359 g/mol. The summed E-state index contributed by atoms with van der Waals surface area (Å²) in [7, 11) is 1.80. The minimum Gasteiger partial charge on any atom is -0.459 e. The van der Waals surface area contributed by atoms with Gasteiger partial charge in [0.15, 0.2) is 0 Å². The van der Waals surface area contributed by atoms with E-state index in [0.717, 1.165) is 43.0 Å². The maximum atomic E-state index is 12.6. The Balaban J connectivity index is 1.59. The van der Waals surface area contributed by atoms with Crippen molar-refractivity contribution < 1.29 is 13.9 Å². The standard InChI is InChI=1S/C20H29N3O3/c1-15(18-13-16-7-5-6-8-17(16)26-18)22(4)19(24)21-14-20(2,3)23-9-11-25-12-10-23/h5-8,13,15H,9-12,14H2,1-4H3,(H,21,24)/t15-/m0/s1. The lowest BCUT2D eigenvalue weighted by atomic mass is 10.0. The molecule has 1 aliphatic rings. The zero-order chi connectivity index (χ0) is 18.7. The van der Waals surface area contributed by atoms with Gasteiger partial charge in [0.05, 0.1) is 19.3 Å². The van der Waals surface area contributed by atoms with Crippen molar-refractivity contribution >= 4 is 17.0 Å². The Kier molecular flexibility index (Phi) is 5.53. The number of para-hydroxylation sites is 1. The predicted octanol–water partition coefficient (Wildman–Crippen LogP) is 3.25. The van der Waals surface area contributed by atoms with Crippen molar-refractivity contribution in [2.45, 2.75) is 32.4 Å². The number of carbonyl (C=O) groups is 1. The third-order valence-corrected chi connectivity index (χ3v) is 5.30. The lowest BCUT2D eigenvalue weighted by Crippen LogP contribution is -2.56. The van der Waals surface area contributed by atoms with Gasteiger partial charge in [-0.25, -0.2) is 4.79 Å². The second-order valence-corrected chi connectivity index (χ2v) is 7.54. The van der Waals surface area contributed by atoms with Crippen LogP contribution in [0.3, 0.4) is 0 Å². The summed E-state index contributed by atoms with van der Waals surface area (Å²) in [6.07, 6.45) is 0. The van der Waals surface area contributed by atoms with Crippen LogP contribution in [0.15, 0.2) is 34.7 Å². The summed E-state index contributed by atoms with van der Waals surface area (Å²) in [5, 5.41) is 4.12. The van der Waals surface area contributed by atoms with Gasteiger partial charge in [0.1, 0.15) is 11.3 Å². The first-order valence-corrected chi connectivity index (χ1v) is 9.20. The third-order valence-electron chi connectivity index (χ3n) is 5.30. The number of fused-ring (bicyclic) bond motifs is 1. The molecule has 1 aliphatic heterocycles. The Morgan fingerprint density at radius 1 is 1.31 bits per heavy atom. The van der Waals surface area contributed by atoms with Crippen molar-refractivity contribution in [2.75, 3.05) is 39.9 Å². The number of hydrogen-bond donors (Lipinski definition) is 1. The van der Waals surface area contributed by atoms with Crippen molar-refractivity contribution in [1.82, 2.24) is 15.1 Å². The van der Waals surface area contributed by atoms with Gasteiger partial charge >= 0.3 is 6.03 Å². The van der Waals surface area contributed by atoms with E-state index in [1.165, 1.54) is 0 Å². The van der Waals surface area contributed by atoms with Gasteiger partial charge in [-0.2, -0.15) is 0 Å². The van der Waals surface area contributed by atoms with E-state index in [9.17, 15) is 4.79 Å². The minimum atomic E-state index is -0.145. The number of nitrogens with one attached hydrogen (secondary N) is 1. The molecule has 1 aromatic heterocycles. The van der Waals surface area contributed by atoms with Crippen LogP contribution < -0.4 is 5.32 Å². The summed E-state index contributed by atoms with van der Waals surface area (Å²) in [4.78, 5) is 16.7. The number of morpholine rings is 1. The first-order chi connectivity index (χ1) is 12.4. The van der Waals surface area contributed by atoms with Crippen LogP contribution in [-0.4, -0.2) is 61.3 Å². The van der Waals surface area contributed by atoms with E-state index in [0.29, 0.717) is 6.54 Å². The van der Waals surface area contributed by atoms with E-state index >= 15 is 0 Å². The van der Waals surface area contributed by atoms with Crippen LogP contribution in [0, 0.1) is 0 Å². The Morgan fingerprint density at radius 3 is 2.69 bits per heavy atom. The number of furan rings is 1. The maximum absolute atomic E-state index is 12.6. The number of hydrogen-bond acceptors (Lipinski definition) is 4. The SMILES string of the molecule is C[C@@H](c1cc2ccccc2o1)N(C)C(=O)NCC(C)(C)N1CCOCC1. The predicted molar refractivity (Wildman–Crippen MR) is 102 cm³/mol. The first kappa shape index (κ1) is 18.7. The molecule has 2 heterocycles. The summed E-state index contributed by atoms with van der Waals surface area (Å²) in [5.41, 5.74) is 0.736. The summed E-state index contributed by atoms with van der Waals surface area (Å²) < 4.78 is 11.3. The Morgan fingerprint density at radius 2 is 2.00 bits per heavy atom. The topological polar surface area (TPSA) is 58.0 Å². The highest BCUT2D eigenvalue weighted by Gasteiger charge is 2.29. The number of carbonyl (C=O) groups excluding carboxylic acids is 1. The number of amides is 2. The molecule has 2 amide bonds. The molecule has 0 aliphatic carbocycles. The largest absolute Gasteiger partial charge is 0.459 e. The molecule has 1 aromatic carbocycles. The minimum absolute atomic E-state index is 0.0979. The smallest absolute Gasteiger partial charge is 0.317 e. The van der Waals surface area contributed by atoms with E-state index in [1.54, 1.807) is 11.9 Å². The van der Waals surface area contributed by atoms with Crippen molar-refractivity contribution in [1.29, 1.82) is 0 Å². The van der Waals surface area contributed by atoms with E-state index < -0.39 is 0 Å². The highest BCUT2D eigenvalue weighted by molar-refractivity contribution is 5.78. The fraction of sp³-hybridized carbons (Fsp3) is 0.550. The number of nitrogens with zero attached hydrogens (tertiary/aromatic N) is 2. The van der Waals surface area contributed by atoms with Crippen molar-refractivity contribution in [2.24, 2.45) is 0 Å². The molecular formula is C20H29N3O3. The number of rotatable bonds is 5. The van der Waals surface area contributed by atoms with Crippen molar-refractivity contribution in [3.05, 3.63) is 36.1 Å². The van der Waals surface area contributed by atoms with Gasteiger partial charge in [-0.05, 0) is 32.9 Å². The summed E-state index contributed by atoms with van der Waals surface area (Å²) in [6, 6.07) is 9.65. The molecule has 142 valence electrons. The fourth-order valence-corrected chi connectivity index (χ4v) is 3.27. The van der Waals surface area contributed by atoms with E-state index in [4.69, 9.17) is 9.15 Å². The molecule has 26 heavy (non-hydrogen) atoms. The van der Waals surface area contributed by atoms with Gasteiger partial charge in [0.25, 0.3) is 0 Å². The number of ether oxygens (including phenoxy) is 1. The van der Waals surface area contributed by atoms with Gasteiger partial charge in [0, 0.05) is 37.6 Å². The zero-order valence-corrected chi connectivity index (χ0v) is 16.1. The van der Waals surface area contributed by atoms with Crippen molar-refractivity contribution in [3.63, 3.8) is 0 Å². The zero-order valence-electron chi connectivity index (χ0n) is 16.1. The first-order valence-electron chi connectivity index (χ1n) is 9.20. The molecule has 6 heteroatoms. The second-order valence-electron chi connectivity index (χ2n) is 7.54. The van der Waals surface area contributed by atoms with Crippen LogP contribution in [0.25, 0.3) is 11.0 Å². The van der Waals surface area contributed by atoms with Crippen LogP contribution in [0.1, 0.15) is 32.6 Å². The van der Waals surface area contributed by atoms with Gasteiger partial charge in [-0.15, -0.1) is 0 Å². The third kappa shape index (κ3) is 4.02. The fourth-order valence-electron chi connectivity index (χ4n) is 3.27. The summed E-state index contributed by atoms with van der Waals surface area (Å²) in [6.45, 7) is 10.2. The molecule has 0 unspecified atom stereocenters. The van der Waals surface area contributed by atoms with Crippen LogP contribution in [0.2, 0.25) is 0 Å². The normalized spacial score (nSPS) is 17.2. The highest BCUT2D eigenvalue weighted by atomic mass is 16.5. The summed E-state index contributed by atoms with van der Waals surface area (Å²) in [5.74, 6) is 0.788. The molecular weight excluding hydrogens is 330 g/mol. The van der Waals surface area contributed by atoms with Gasteiger partial charge < -0.3 is 19.4 Å². The number of urea groups is 1. The lowest BCUT2D eigenvalue weighted by molar-refractivity contribution is -0.00908. The Hall–Kier alpha value is -2.05. The Bertz CT molecular complexity index is 717. The molecule has 0 radical (unpaired) electrons. The quantitative estimate of drug-likeness (QED) is 0.890. The van der Waals surface area contributed by atoms with Crippen LogP contribution in [-0.2, 0) is 4.74 Å². The average molecular weight is 359 g/mol. The molecule has 1 fully saturated rings. The Labute approximate surface area is 155 Å². The molecule has 2 aromatic rings. The molecule has 3 rings (SSSR count). The summed E-state index contributed by atoms with van der Waals surface area (Å²) >= 11 is 0. The number of benzene rings is 1. The van der Waals surface area contributed by atoms with Crippen LogP contribution in [0.5, 0.6) is 0 Å². The average Bonchev–Trinajstić information content (AvgIpc) is 3.10.